The van der Waals surface area contributed by atoms with Crippen molar-refractivity contribution < 1.29 is 4.74 Å². The number of nitriles is 1. The van der Waals surface area contributed by atoms with Crippen LogP contribution in [-0.2, 0) is 11.3 Å². The molecule has 4 aromatic rings. The van der Waals surface area contributed by atoms with E-state index in [1.165, 1.54) is 27.5 Å². The fraction of sp³-hybridized carbons (Fsp3) is 0.208. The Kier molecular flexibility index (Phi) is 4.23. The van der Waals surface area contributed by atoms with Gasteiger partial charge in [-0.1, -0.05) is 48.5 Å². The number of fused-ring (bicyclic) bond motifs is 2. The van der Waals surface area contributed by atoms with Gasteiger partial charge in [0.25, 0.3) is 0 Å². The summed E-state index contributed by atoms with van der Waals surface area (Å²) < 4.78 is 7.90. The summed E-state index contributed by atoms with van der Waals surface area (Å²) >= 11 is 0. The molecule has 0 spiro atoms. The van der Waals surface area contributed by atoms with E-state index >= 15 is 0 Å². The van der Waals surface area contributed by atoms with Gasteiger partial charge in [0.15, 0.2) is 0 Å². The first-order valence-electron chi connectivity index (χ1n) is 9.66. The Balaban J connectivity index is 1.68. The Morgan fingerprint density at radius 2 is 1.71 bits per heavy atom. The van der Waals surface area contributed by atoms with Gasteiger partial charge in [-0.15, -0.1) is 0 Å². The molecule has 1 aromatic heterocycles. The SMILES string of the molecule is N#Cc1ccc2cc(N3CCOCC3)n(Cc3cccc4ccccc34)c2c1. The number of hydrogen-bond acceptors (Lipinski definition) is 3. The number of aromatic nitrogens is 1. The van der Waals surface area contributed by atoms with Gasteiger partial charge in [0.1, 0.15) is 5.82 Å². The highest BCUT2D eigenvalue weighted by atomic mass is 16.5. The highest BCUT2D eigenvalue weighted by Gasteiger charge is 2.18. The number of benzene rings is 3. The molecule has 138 valence electrons. The molecule has 0 unspecified atom stereocenters. The Bertz CT molecular complexity index is 1190. The molecule has 5 rings (SSSR count). The van der Waals surface area contributed by atoms with Crippen molar-refractivity contribution in [2.24, 2.45) is 0 Å². The van der Waals surface area contributed by atoms with Gasteiger partial charge in [-0.25, -0.2) is 0 Å². The van der Waals surface area contributed by atoms with Gasteiger partial charge in [0.2, 0.25) is 0 Å². The second-order valence-corrected chi connectivity index (χ2v) is 7.21. The van der Waals surface area contributed by atoms with Crippen LogP contribution in [0.5, 0.6) is 0 Å². The van der Waals surface area contributed by atoms with Gasteiger partial charge < -0.3 is 14.2 Å². The molecule has 0 radical (unpaired) electrons. The van der Waals surface area contributed by atoms with Gasteiger partial charge >= 0.3 is 0 Å². The maximum atomic E-state index is 9.39. The van der Waals surface area contributed by atoms with E-state index in [1.54, 1.807) is 0 Å². The summed E-state index contributed by atoms with van der Waals surface area (Å²) in [6.45, 7) is 4.04. The van der Waals surface area contributed by atoms with Gasteiger partial charge in [0, 0.05) is 18.5 Å². The molecule has 2 heterocycles. The molecule has 0 amide bonds. The van der Waals surface area contributed by atoms with Crippen molar-refractivity contribution >= 4 is 27.5 Å². The van der Waals surface area contributed by atoms with Crippen LogP contribution >= 0.6 is 0 Å². The minimum Gasteiger partial charge on any atom is -0.378 e. The zero-order valence-corrected chi connectivity index (χ0v) is 15.6. The number of rotatable bonds is 3. The topological polar surface area (TPSA) is 41.2 Å². The Hall–Kier alpha value is -3.29. The largest absolute Gasteiger partial charge is 0.378 e. The number of ether oxygens (including phenoxy) is 1. The predicted molar refractivity (Wildman–Crippen MR) is 113 cm³/mol. The number of anilines is 1. The van der Waals surface area contributed by atoms with Crippen LogP contribution in [0.3, 0.4) is 0 Å². The second-order valence-electron chi connectivity index (χ2n) is 7.21. The molecule has 4 nitrogen and oxygen atoms in total. The van der Waals surface area contributed by atoms with Crippen molar-refractivity contribution in [2.75, 3.05) is 31.2 Å². The summed E-state index contributed by atoms with van der Waals surface area (Å²) in [7, 11) is 0. The maximum Gasteiger partial charge on any atom is 0.110 e. The molecule has 0 saturated carbocycles. The lowest BCUT2D eigenvalue weighted by molar-refractivity contribution is 0.122. The minimum atomic E-state index is 0.693. The van der Waals surface area contributed by atoms with Crippen molar-refractivity contribution in [1.29, 1.82) is 5.26 Å². The van der Waals surface area contributed by atoms with Crippen molar-refractivity contribution in [1.82, 2.24) is 4.57 Å². The number of hydrogen-bond donors (Lipinski definition) is 0. The third kappa shape index (κ3) is 2.90. The fourth-order valence-electron chi connectivity index (χ4n) is 4.13. The average Bonchev–Trinajstić information content (AvgIpc) is 3.12. The molecule has 4 heteroatoms. The van der Waals surface area contributed by atoms with Crippen LogP contribution < -0.4 is 4.90 Å². The van der Waals surface area contributed by atoms with Crippen LogP contribution in [0.1, 0.15) is 11.1 Å². The monoisotopic (exact) mass is 367 g/mol. The van der Waals surface area contributed by atoms with E-state index in [0.717, 1.165) is 38.4 Å². The molecule has 0 N–H and O–H groups in total. The van der Waals surface area contributed by atoms with Crippen LogP contribution in [0, 0.1) is 11.3 Å². The highest BCUT2D eigenvalue weighted by Crippen LogP contribution is 2.30. The second kappa shape index (κ2) is 7.03. The average molecular weight is 367 g/mol. The molecule has 28 heavy (non-hydrogen) atoms. The van der Waals surface area contributed by atoms with Crippen molar-refractivity contribution in [2.45, 2.75) is 6.54 Å². The first-order valence-corrected chi connectivity index (χ1v) is 9.66. The molecule has 0 atom stereocenters. The molecule has 0 aliphatic carbocycles. The quantitative estimate of drug-likeness (QED) is 0.533. The Labute approximate surface area is 164 Å². The maximum absolute atomic E-state index is 9.39. The molecular weight excluding hydrogens is 346 g/mol. The molecule has 1 aliphatic rings. The fourth-order valence-corrected chi connectivity index (χ4v) is 4.13. The molecule has 1 fully saturated rings. The number of nitrogens with zero attached hydrogens (tertiary/aromatic N) is 3. The van der Waals surface area contributed by atoms with Crippen LogP contribution in [0.4, 0.5) is 5.82 Å². The Morgan fingerprint density at radius 3 is 2.57 bits per heavy atom. The van der Waals surface area contributed by atoms with Gasteiger partial charge in [-0.2, -0.15) is 5.26 Å². The third-order valence-electron chi connectivity index (χ3n) is 5.55. The van der Waals surface area contributed by atoms with Gasteiger partial charge in [-0.05, 0) is 34.5 Å². The molecule has 1 aliphatic heterocycles. The summed E-state index contributed by atoms with van der Waals surface area (Å²) in [6, 6.07) is 25.5. The van der Waals surface area contributed by atoms with E-state index < -0.39 is 0 Å². The third-order valence-corrected chi connectivity index (χ3v) is 5.55. The van der Waals surface area contributed by atoms with E-state index in [-0.39, 0.29) is 0 Å². The minimum absolute atomic E-state index is 0.693. The lowest BCUT2D eigenvalue weighted by atomic mass is 10.0. The standard InChI is InChI=1S/C24H21N3O/c25-16-18-8-9-20-15-24(26-10-12-28-13-11-26)27(23(20)14-18)17-21-6-3-5-19-4-1-2-7-22(19)21/h1-9,14-15H,10-13,17H2. The summed E-state index contributed by atoms with van der Waals surface area (Å²) in [5, 5.41) is 13.1. The molecule has 3 aromatic carbocycles. The molecule has 1 saturated heterocycles. The van der Waals surface area contributed by atoms with Crippen LogP contribution in [-0.4, -0.2) is 30.9 Å². The van der Waals surface area contributed by atoms with E-state index in [9.17, 15) is 5.26 Å². The van der Waals surface area contributed by atoms with Crippen molar-refractivity contribution in [3.63, 3.8) is 0 Å². The summed E-state index contributed by atoms with van der Waals surface area (Å²) in [6.07, 6.45) is 0. The van der Waals surface area contributed by atoms with Gasteiger partial charge in [-0.3, -0.25) is 0 Å². The van der Waals surface area contributed by atoms with E-state index in [1.807, 2.05) is 12.1 Å². The normalized spacial score (nSPS) is 14.5. The highest BCUT2D eigenvalue weighted by molar-refractivity contribution is 5.88. The van der Waals surface area contributed by atoms with Crippen LogP contribution in [0.25, 0.3) is 21.7 Å². The summed E-state index contributed by atoms with van der Waals surface area (Å²) in [4.78, 5) is 2.39. The zero-order valence-electron chi connectivity index (χ0n) is 15.6. The smallest absolute Gasteiger partial charge is 0.110 e. The summed E-state index contributed by atoms with van der Waals surface area (Å²) in [5.41, 5.74) is 3.08. The number of morpholine rings is 1. The van der Waals surface area contributed by atoms with Crippen molar-refractivity contribution in [3.8, 4) is 6.07 Å². The van der Waals surface area contributed by atoms with Crippen LogP contribution in [0.15, 0.2) is 66.7 Å². The molecular formula is C24H21N3O. The first kappa shape index (κ1) is 16.9. The predicted octanol–water partition coefficient (Wildman–Crippen LogP) is 4.55. The Morgan fingerprint density at radius 1 is 0.893 bits per heavy atom. The first-order chi connectivity index (χ1) is 13.8. The lowest BCUT2D eigenvalue weighted by Gasteiger charge is -2.30. The van der Waals surface area contributed by atoms with E-state index in [0.29, 0.717) is 5.56 Å². The van der Waals surface area contributed by atoms with Crippen LogP contribution in [0.2, 0.25) is 0 Å². The van der Waals surface area contributed by atoms with E-state index in [2.05, 4.69) is 70.1 Å². The summed E-state index contributed by atoms with van der Waals surface area (Å²) in [5.74, 6) is 1.20. The molecule has 0 bridgehead atoms. The van der Waals surface area contributed by atoms with Crippen molar-refractivity contribution in [3.05, 3.63) is 77.9 Å². The van der Waals surface area contributed by atoms with E-state index in [4.69, 9.17) is 4.74 Å². The zero-order chi connectivity index (χ0) is 18.9. The van der Waals surface area contributed by atoms with Gasteiger partial charge in [0.05, 0.1) is 36.9 Å². The lowest BCUT2D eigenvalue weighted by Crippen LogP contribution is -2.37.